The number of aliphatic hydroxyl groups is 1. The Balaban J connectivity index is 2.30. The zero-order valence-electron chi connectivity index (χ0n) is 22.4. The van der Waals surface area contributed by atoms with Crippen molar-refractivity contribution in [2.75, 3.05) is 7.11 Å². The molecule has 38 heavy (non-hydrogen) atoms. The molecule has 0 unspecified atom stereocenters. The molecule has 0 heterocycles. The smallest absolute Gasteiger partial charge is 0.408 e. The van der Waals surface area contributed by atoms with Gasteiger partial charge in [-0.3, -0.25) is 9.59 Å². The van der Waals surface area contributed by atoms with Gasteiger partial charge in [-0.05, 0) is 38.8 Å². The predicted molar refractivity (Wildman–Crippen MR) is 141 cm³/mol. The summed E-state index contributed by atoms with van der Waals surface area (Å²) < 4.78 is 10.0. The van der Waals surface area contributed by atoms with E-state index < -0.39 is 53.7 Å². The average molecular weight is 528 g/mol. The molecule has 4 atom stereocenters. The van der Waals surface area contributed by atoms with Crippen LogP contribution in [0.15, 0.2) is 60.7 Å². The Morgan fingerprint density at radius 2 is 1.24 bits per heavy atom. The second kappa shape index (κ2) is 14.1. The number of amides is 3. The summed E-state index contributed by atoms with van der Waals surface area (Å²) in [6.45, 7) is 6.46. The molecule has 2 rings (SSSR count). The van der Waals surface area contributed by atoms with Gasteiger partial charge < -0.3 is 30.5 Å². The molecule has 0 spiro atoms. The lowest BCUT2D eigenvalue weighted by Gasteiger charge is -2.27. The van der Waals surface area contributed by atoms with Crippen molar-refractivity contribution in [2.24, 2.45) is 0 Å². The van der Waals surface area contributed by atoms with Crippen LogP contribution in [-0.4, -0.2) is 65.9 Å². The van der Waals surface area contributed by atoms with Crippen LogP contribution in [0.3, 0.4) is 0 Å². The first-order valence-electron chi connectivity index (χ1n) is 12.3. The lowest BCUT2D eigenvalue weighted by molar-refractivity contribution is -0.148. The van der Waals surface area contributed by atoms with E-state index in [0.29, 0.717) is 0 Å². The molecule has 0 bridgehead atoms. The van der Waals surface area contributed by atoms with Crippen molar-refractivity contribution in [2.45, 2.75) is 70.4 Å². The van der Waals surface area contributed by atoms with Crippen LogP contribution in [0.2, 0.25) is 0 Å². The average Bonchev–Trinajstić information content (AvgIpc) is 2.85. The van der Waals surface area contributed by atoms with E-state index in [1.54, 1.807) is 45.0 Å². The number of hydrogen-bond acceptors (Lipinski definition) is 7. The molecule has 0 aromatic heterocycles. The third-order valence-corrected chi connectivity index (χ3v) is 5.44. The number of benzene rings is 2. The van der Waals surface area contributed by atoms with Gasteiger partial charge >= 0.3 is 12.1 Å². The number of aliphatic hydroxyl groups excluding tert-OH is 1. The van der Waals surface area contributed by atoms with E-state index in [2.05, 4.69) is 20.7 Å². The SMILES string of the molecule is COC(=O)[C@@H](NC(=O)[C@@H](Cc1ccccc1)NC(=O)[C@@H](Cc1ccccc1)NC(=O)OC(C)(C)C)[C@@H](C)O. The highest BCUT2D eigenvalue weighted by atomic mass is 16.6. The molecule has 0 fully saturated rings. The van der Waals surface area contributed by atoms with Gasteiger partial charge in [-0.2, -0.15) is 0 Å². The van der Waals surface area contributed by atoms with Crippen LogP contribution in [0.25, 0.3) is 0 Å². The van der Waals surface area contributed by atoms with Crippen LogP contribution in [0.5, 0.6) is 0 Å². The molecule has 0 radical (unpaired) electrons. The summed E-state index contributed by atoms with van der Waals surface area (Å²) in [7, 11) is 1.14. The number of esters is 1. The van der Waals surface area contributed by atoms with E-state index in [1.165, 1.54) is 6.92 Å². The van der Waals surface area contributed by atoms with Gasteiger partial charge in [0.15, 0.2) is 6.04 Å². The lowest BCUT2D eigenvalue weighted by atomic mass is 10.0. The van der Waals surface area contributed by atoms with Gasteiger partial charge in [0.25, 0.3) is 0 Å². The fraction of sp³-hybridized carbons (Fsp3) is 0.429. The monoisotopic (exact) mass is 527 g/mol. The van der Waals surface area contributed by atoms with Crippen LogP contribution in [-0.2, 0) is 36.7 Å². The quantitative estimate of drug-likeness (QED) is 0.327. The Morgan fingerprint density at radius 3 is 1.66 bits per heavy atom. The maximum atomic E-state index is 13.5. The zero-order chi connectivity index (χ0) is 28.3. The van der Waals surface area contributed by atoms with Gasteiger partial charge in [-0.15, -0.1) is 0 Å². The summed E-state index contributed by atoms with van der Waals surface area (Å²) in [6.07, 6.45) is -1.78. The fourth-order valence-electron chi connectivity index (χ4n) is 3.60. The minimum absolute atomic E-state index is 0.0939. The molecular weight excluding hydrogens is 490 g/mol. The van der Waals surface area contributed by atoms with Gasteiger partial charge in [-0.1, -0.05) is 60.7 Å². The number of rotatable bonds is 11. The molecule has 0 aliphatic heterocycles. The van der Waals surface area contributed by atoms with Gasteiger partial charge in [0.1, 0.15) is 17.7 Å². The predicted octanol–water partition coefficient (Wildman–Crippen LogP) is 1.89. The lowest BCUT2D eigenvalue weighted by Crippen LogP contribution is -2.58. The summed E-state index contributed by atoms with van der Waals surface area (Å²) >= 11 is 0. The van der Waals surface area contributed by atoms with Crippen LogP contribution in [0.1, 0.15) is 38.8 Å². The number of methoxy groups -OCH3 is 1. The highest BCUT2D eigenvalue weighted by Gasteiger charge is 2.32. The van der Waals surface area contributed by atoms with Gasteiger partial charge in [0.05, 0.1) is 13.2 Å². The second-order valence-corrected chi connectivity index (χ2v) is 9.89. The minimum Gasteiger partial charge on any atom is -0.467 e. The Bertz CT molecular complexity index is 1070. The van der Waals surface area contributed by atoms with Crippen LogP contribution in [0.4, 0.5) is 4.79 Å². The topological polar surface area (TPSA) is 143 Å². The molecule has 10 heteroatoms. The number of alkyl carbamates (subject to hydrolysis) is 1. The summed E-state index contributed by atoms with van der Waals surface area (Å²) in [5, 5.41) is 17.8. The van der Waals surface area contributed by atoms with E-state index in [0.717, 1.165) is 18.2 Å². The van der Waals surface area contributed by atoms with E-state index >= 15 is 0 Å². The minimum atomic E-state index is -1.33. The molecule has 2 aromatic carbocycles. The molecule has 3 amide bonds. The van der Waals surface area contributed by atoms with Crippen molar-refractivity contribution >= 4 is 23.9 Å². The van der Waals surface area contributed by atoms with Crippen molar-refractivity contribution in [1.29, 1.82) is 0 Å². The molecule has 4 N–H and O–H groups in total. The number of ether oxygens (including phenoxy) is 2. The van der Waals surface area contributed by atoms with E-state index in [4.69, 9.17) is 4.74 Å². The zero-order valence-corrected chi connectivity index (χ0v) is 22.4. The summed E-state index contributed by atoms with van der Waals surface area (Å²) in [4.78, 5) is 51.3. The maximum Gasteiger partial charge on any atom is 0.408 e. The van der Waals surface area contributed by atoms with Crippen molar-refractivity contribution in [3.63, 3.8) is 0 Å². The fourth-order valence-corrected chi connectivity index (χ4v) is 3.60. The summed E-state index contributed by atoms with van der Waals surface area (Å²) in [5.74, 6) is -2.15. The first-order chi connectivity index (χ1) is 17.9. The first kappa shape index (κ1) is 30.3. The van der Waals surface area contributed by atoms with Crippen LogP contribution in [0, 0.1) is 0 Å². The van der Waals surface area contributed by atoms with Crippen molar-refractivity contribution < 1.29 is 33.8 Å². The highest BCUT2D eigenvalue weighted by Crippen LogP contribution is 2.10. The molecule has 206 valence electrons. The Morgan fingerprint density at radius 1 is 0.789 bits per heavy atom. The second-order valence-electron chi connectivity index (χ2n) is 9.89. The van der Waals surface area contributed by atoms with Crippen molar-refractivity contribution in [1.82, 2.24) is 16.0 Å². The van der Waals surface area contributed by atoms with Gasteiger partial charge in [-0.25, -0.2) is 9.59 Å². The van der Waals surface area contributed by atoms with Crippen LogP contribution >= 0.6 is 0 Å². The number of nitrogens with one attached hydrogen (secondary N) is 3. The molecule has 10 nitrogen and oxygen atoms in total. The Labute approximate surface area is 223 Å². The molecule has 0 saturated carbocycles. The number of carbonyl (C=O) groups is 4. The van der Waals surface area contributed by atoms with E-state index in [9.17, 15) is 24.3 Å². The standard InChI is InChI=1S/C28H37N3O7/c1-18(32)23(26(35)37-5)31-25(34)21(16-19-12-8-6-9-13-19)29-24(33)22(17-20-14-10-7-11-15-20)30-27(36)38-28(2,3)4/h6-15,18,21-23,32H,16-17H2,1-5H3,(H,29,33)(H,30,36)(H,31,34)/t18-,21-,22-,23+/m1/s1. The van der Waals surface area contributed by atoms with Crippen LogP contribution < -0.4 is 16.0 Å². The molecule has 0 aliphatic carbocycles. The number of hydrogen-bond donors (Lipinski definition) is 4. The van der Waals surface area contributed by atoms with Crippen molar-refractivity contribution in [3.8, 4) is 0 Å². The van der Waals surface area contributed by atoms with Crippen molar-refractivity contribution in [3.05, 3.63) is 71.8 Å². The third-order valence-electron chi connectivity index (χ3n) is 5.44. The normalized spacial score (nSPS) is 14.3. The Kier molecular flexibility index (Phi) is 11.3. The summed E-state index contributed by atoms with van der Waals surface area (Å²) in [6, 6.07) is 14.5. The summed E-state index contributed by atoms with van der Waals surface area (Å²) in [5.41, 5.74) is 0.754. The third kappa shape index (κ3) is 10.2. The molecular formula is C28H37N3O7. The highest BCUT2D eigenvalue weighted by molar-refractivity contribution is 5.93. The van der Waals surface area contributed by atoms with Gasteiger partial charge in [0.2, 0.25) is 11.8 Å². The largest absolute Gasteiger partial charge is 0.467 e. The number of carbonyl (C=O) groups excluding carboxylic acids is 4. The van der Waals surface area contributed by atoms with E-state index in [-0.39, 0.29) is 12.8 Å². The molecule has 2 aromatic rings. The Hall–Kier alpha value is -3.92. The van der Waals surface area contributed by atoms with Gasteiger partial charge in [0, 0.05) is 12.8 Å². The first-order valence-corrected chi connectivity index (χ1v) is 12.3. The molecule has 0 saturated heterocycles. The van der Waals surface area contributed by atoms with E-state index in [1.807, 2.05) is 36.4 Å². The molecule has 0 aliphatic rings. The maximum absolute atomic E-state index is 13.5.